The molecule has 1 amide bonds. The minimum Gasteiger partial charge on any atom is -0.390 e. The first kappa shape index (κ1) is 14.1. The number of aliphatic hydroxyl groups is 1. The molecule has 1 heterocycles. The van der Waals surface area contributed by atoms with Crippen LogP contribution in [-0.4, -0.2) is 27.9 Å². The fraction of sp³-hybridized carbons (Fsp3) is 0.250. The van der Waals surface area contributed by atoms with Crippen molar-refractivity contribution in [3.8, 4) is 0 Å². The largest absolute Gasteiger partial charge is 0.390 e. The zero-order valence-corrected chi connectivity index (χ0v) is 12.2. The van der Waals surface area contributed by atoms with Gasteiger partial charge in [0.2, 0.25) is 5.91 Å². The number of aliphatic hydroxyl groups excluding tert-OH is 1. The van der Waals surface area contributed by atoms with Crippen LogP contribution in [0.15, 0.2) is 53.7 Å². The quantitative estimate of drug-likeness (QED) is 0.847. The number of rotatable bonds is 4. The summed E-state index contributed by atoms with van der Waals surface area (Å²) >= 11 is 1.46. The zero-order valence-electron chi connectivity index (χ0n) is 11.4. The molecular formula is C16H16N2O2S. The van der Waals surface area contributed by atoms with E-state index in [0.29, 0.717) is 12.2 Å². The number of hydrogen-bond donors (Lipinski definition) is 2. The van der Waals surface area contributed by atoms with Crippen molar-refractivity contribution in [2.24, 2.45) is 0 Å². The van der Waals surface area contributed by atoms with Gasteiger partial charge in [0.1, 0.15) is 0 Å². The molecule has 1 aliphatic rings. The number of fused-ring (bicyclic) bond motifs is 1. The number of benzene rings is 1. The van der Waals surface area contributed by atoms with Crippen molar-refractivity contribution in [3.63, 3.8) is 0 Å². The maximum absolute atomic E-state index is 12.1. The Labute approximate surface area is 127 Å². The van der Waals surface area contributed by atoms with E-state index < -0.39 is 6.10 Å². The van der Waals surface area contributed by atoms with Crippen molar-refractivity contribution in [3.05, 3.63) is 59.9 Å². The van der Waals surface area contributed by atoms with Crippen molar-refractivity contribution in [2.75, 3.05) is 5.75 Å². The van der Waals surface area contributed by atoms with E-state index in [1.807, 2.05) is 36.4 Å². The number of hydrogen-bond acceptors (Lipinski definition) is 4. The summed E-state index contributed by atoms with van der Waals surface area (Å²) in [6.07, 6.45) is 3.46. The molecular weight excluding hydrogens is 284 g/mol. The van der Waals surface area contributed by atoms with Crippen molar-refractivity contribution >= 4 is 17.7 Å². The van der Waals surface area contributed by atoms with Gasteiger partial charge in [-0.25, -0.2) is 0 Å². The van der Waals surface area contributed by atoms with Gasteiger partial charge in [-0.15, -0.1) is 11.8 Å². The molecule has 0 saturated carbocycles. The molecule has 0 fully saturated rings. The lowest BCUT2D eigenvalue weighted by molar-refractivity contribution is -0.120. The molecule has 5 heteroatoms. The number of carbonyl (C=O) groups is 1. The number of nitrogens with one attached hydrogen (secondary N) is 1. The Morgan fingerprint density at radius 1 is 1.29 bits per heavy atom. The van der Waals surface area contributed by atoms with Crippen LogP contribution in [0.25, 0.3) is 0 Å². The standard InChI is InChI=1S/C16H16N2O2S/c19-14-9-11-3-1-2-4-13(11)16(14)18-15(20)10-21-12-5-7-17-8-6-12/h1-8,14,16,19H,9-10H2,(H,18,20)/t14-,16+/m1/s1. The number of thioether (sulfide) groups is 1. The van der Waals surface area contributed by atoms with Crippen LogP contribution in [0.3, 0.4) is 0 Å². The number of amides is 1. The maximum Gasteiger partial charge on any atom is 0.230 e. The van der Waals surface area contributed by atoms with Crippen LogP contribution in [0, 0.1) is 0 Å². The van der Waals surface area contributed by atoms with Gasteiger partial charge >= 0.3 is 0 Å². The summed E-state index contributed by atoms with van der Waals surface area (Å²) in [5.74, 6) is 0.257. The van der Waals surface area contributed by atoms with Gasteiger partial charge in [0.25, 0.3) is 0 Å². The van der Waals surface area contributed by atoms with Crippen LogP contribution >= 0.6 is 11.8 Å². The molecule has 4 nitrogen and oxygen atoms in total. The van der Waals surface area contributed by atoms with E-state index in [2.05, 4.69) is 10.3 Å². The summed E-state index contributed by atoms with van der Waals surface area (Å²) in [5, 5.41) is 13.0. The molecule has 0 bridgehead atoms. The molecule has 0 aliphatic heterocycles. The van der Waals surface area contributed by atoms with E-state index in [1.54, 1.807) is 12.4 Å². The van der Waals surface area contributed by atoms with E-state index in [-0.39, 0.29) is 11.9 Å². The van der Waals surface area contributed by atoms with Gasteiger partial charge in [0.05, 0.1) is 17.9 Å². The van der Waals surface area contributed by atoms with Gasteiger partial charge in [-0.2, -0.15) is 0 Å². The lowest BCUT2D eigenvalue weighted by Gasteiger charge is -2.17. The fourth-order valence-corrected chi connectivity index (χ4v) is 3.24. The van der Waals surface area contributed by atoms with Crippen LogP contribution in [0.1, 0.15) is 17.2 Å². The number of aromatic nitrogens is 1. The molecule has 2 atom stereocenters. The molecule has 0 spiro atoms. The Kier molecular flexibility index (Phi) is 4.22. The fourth-order valence-electron chi connectivity index (χ4n) is 2.55. The summed E-state index contributed by atoms with van der Waals surface area (Å²) in [4.78, 5) is 17.0. The van der Waals surface area contributed by atoms with E-state index in [9.17, 15) is 9.90 Å². The maximum atomic E-state index is 12.1. The molecule has 2 N–H and O–H groups in total. The summed E-state index contributed by atoms with van der Waals surface area (Å²) in [6, 6.07) is 11.3. The molecule has 2 aromatic rings. The third-order valence-electron chi connectivity index (χ3n) is 3.54. The average molecular weight is 300 g/mol. The van der Waals surface area contributed by atoms with E-state index in [1.165, 1.54) is 11.8 Å². The van der Waals surface area contributed by atoms with Gasteiger partial charge in [0, 0.05) is 23.7 Å². The Balaban J connectivity index is 1.60. The Bertz CT molecular complexity index is 633. The predicted molar refractivity (Wildman–Crippen MR) is 82.0 cm³/mol. The van der Waals surface area contributed by atoms with Crippen LogP contribution in [0.5, 0.6) is 0 Å². The van der Waals surface area contributed by atoms with Crippen LogP contribution < -0.4 is 5.32 Å². The summed E-state index contributed by atoms with van der Waals surface area (Å²) in [5.41, 5.74) is 2.13. The van der Waals surface area contributed by atoms with Crippen LogP contribution in [0.4, 0.5) is 0 Å². The van der Waals surface area contributed by atoms with E-state index in [4.69, 9.17) is 0 Å². The average Bonchev–Trinajstić information content (AvgIpc) is 2.82. The molecule has 108 valence electrons. The topological polar surface area (TPSA) is 62.2 Å². The highest BCUT2D eigenvalue weighted by atomic mass is 32.2. The van der Waals surface area contributed by atoms with Crippen molar-refractivity contribution < 1.29 is 9.90 Å². The van der Waals surface area contributed by atoms with Gasteiger partial charge < -0.3 is 10.4 Å². The lowest BCUT2D eigenvalue weighted by Crippen LogP contribution is -2.34. The second-order valence-corrected chi connectivity index (χ2v) is 6.04. The first-order valence-electron chi connectivity index (χ1n) is 6.82. The number of pyridine rings is 1. The summed E-state index contributed by atoms with van der Waals surface area (Å²) < 4.78 is 0. The highest BCUT2D eigenvalue weighted by Gasteiger charge is 2.31. The SMILES string of the molecule is O=C(CSc1ccncc1)N[C@H]1c2ccccc2C[C@H]1O. The number of nitrogens with zero attached hydrogens (tertiary/aromatic N) is 1. The van der Waals surface area contributed by atoms with Crippen molar-refractivity contribution in [2.45, 2.75) is 23.5 Å². The molecule has 1 aromatic carbocycles. The predicted octanol–water partition coefficient (Wildman–Crippen LogP) is 1.95. The second-order valence-electron chi connectivity index (χ2n) is 4.99. The van der Waals surface area contributed by atoms with Gasteiger partial charge in [0.15, 0.2) is 0 Å². The van der Waals surface area contributed by atoms with E-state index >= 15 is 0 Å². The summed E-state index contributed by atoms with van der Waals surface area (Å²) in [6.45, 7) is 0. The lowest BCUT2D eigenvalue weighted by atomic mass is 10.1. The third-order valence-corrected chi connectivity index (χ3v) is 4.55. The van der Waals surface area contributed by atoms with E-state index in [0.717, 1.165) is 16.0 Å². The van der Waals surface area contributed by atoms with Crippen LogP contribution in [0.2, 0.25) is 0 Å². The first-order chi connectivity index (χ1) is 10.2. The third kappa shape index (κ3) is 3.25. The monoisotopic (exact) mass is 300 g/mol. The Morgan fingerprint density at radius 3 is 2.86 bits per heavy atom. The Hall–Kier alpha value is -1.85. The molecule has 0 unspecified atom stereocenters. The van der Waals surface area contributed by atoms with Crippen LogP contribution in [-0.2, 0) is 11.2 Å². The minimum absolute atomic E-state index is 0.0717. The summed E-state index contributed by atoms with van der Waals surface area (Å²) in [7, 11) is 0. The Morgan fingerprint density at radius 2 is 2.05 bits per heavy atom. The van der Waals surface area contributed by atoms with Crippen molar-refractivity contribution in [1.29, 1.82) is 0 Å². The van der Waals surface area contributed by atoms with Gasteiger partial charge in [-0.05, 0) is 23.3 Å². The number of carbonyl (C=O) groups excluding carboxylic acids is 1. The normalized spacial score (nSPS) is 20.0. The second kappa shape index (κ2) is 6.28. The van der Waals surface area contributed by atoms with Gasteiger partial charge in [-0.1, -0.05) is 24.3 Å². The first-order valence-corrected chi connectivity index (χ1v) is 7.80. The van der Waals surface area contributed by atoms with Gasteiger partial charge in [-0.3, -0.25) is 9.78 Å². The molecule has 1 aliphatic carbocycles. The van der Waals surface area contributed by atoms with Crippen molar-refractivity contribution in [1.82, 2.24) is 10.3 Å². The minimum atomic E-state index is -0.544. The highest BCUT2D eigenvalue weighted by molar-refractivity contribution is 8.00. The molecule has 0 saturated heterocycles. The smallest absolute Gasteiger partial charge is 0.230 e. The molecule has 0 radical (unpaired) electrons. The molecule has 21 heavy (non-hydrogen) atoms. The zero-order chi connectivity index (χ0) is 14.7. The highest BCUT2D eigenvalue weighted by Crippen LogP contribution is 2.31. The molecule has 1 aromatic heterocycles. The molecule has 3 rings (SSSR count).